The summed E-state index contributed by atoms with van der Waals surface area (Å²) < 4.78 is 49.7. The van der Waals surface area contributed by atoms with Gasteiger partial charge in [0.05, 0.1) is 0 Å². The second kappa shape index (κ2) is 11.7. The van der Waals surface area contributed by atoms with Crippen LogP contribution in [0.15, 0.2) is 51.9 Å². The number of anilines is 1. The van der Waals surface area contributed by atoms with E-state index in [9.17, 15) is 13.0 Å². The number of hydrogen-bond donors (Lipinski definition) is 0. The average Bonchev–Trinajstić information content (AvgIpc) is 3.38. The molecule has 0 aliphatic carbocycles. The van der Waals surface area contributed by atoms with Crippen LogP contribution in [-0.2, 0) is 16.7 Å². The number of nitrogens with zero attached hydrogens (tertiary/aromatic N) is 2. The summed E-state index contributed by atoms with van der Waals surface area (Å²) in [6.07, 6.45) is 5.60. The number of benzene rings is 2. The van der Waals surface area contributed by atoms with Crippen molar-refractivity contribution in [3.8, 4) is 11.5 Å². The molecule has 0 saturated heterocycles. The second-order valence-electron chi connectivity index (χ2n) is 8.73. The van der Waals surface area contributed by atoms with Crippen molar-refractivity contribution in [2.75, 3.05) is 31.4 Å². The van der Waals surface area contributed by atoms with E-state index in [2.05, 4.69) is 53.7 Å². The number of aryl methyl sites for hydroxylation is 2. The van der Waals surface area contributed by atoms with Crippen LogP contribution in [0.3, 0.4) is 0 Å². The molecule has 1 aliphatic heterocycles. The minimum atomic E-state index is -4.26. The summed E-state index contributed by atoms with van der Waals surface area (Å²) in [5, 5.41) is 1.02. The van der Waals surface area contributed by atoms with Crippen LogP contribution in [0.1, 0.15) is 36.8 Å². The molecule has 10 heteroatoms. The third kappa shape index (κ3) is 6.26. The fourth-order valence-corrected chi connectivity index (χ4v) is 8.53. The number of aromatic nitrogens is 1. The zero-order valence-corrected chi connectivity index (χ0v) is 25.1. The summed E-state index contributed by atoms with van der Waals surface area (Å²) in [5.41, 5.74) is 4.42. The van der Waals surface area contributed by atoms with Gasteiger partial charge in [-0.15, -0.1) is 0 Å². The van der Waals surface area contributed by atoms with Crippen molar-refractivity contribution in [1.82, 2.24) is 0 Å². The quantitative estimate of drug-likeness (QED) is 0.188. The Balaban J connectivity index is 1.74. The number of hydrogen-bond acceptors (Lipinski definition) is 7. The fraction of sp³-hybridized carbons (Fsp3) is 0.370. The Bertz CT molecular complexity index is 1480. The molecule has 4 rings (SSSR count). The minimum absolute atomic E-state index is 0.189. The van der Waals surface area contributed by atoms with Gasteiger partial charge in [0.1, 0.15) is 0 Å². The van der Waals surface area contributed by atoms with E-state index in [1.54, 1.807) is 26.0 Å². The molecule has 0 fully saturated rings. The maximum absolute atomic E-state index is 11.2. The topological polar surface area (TPSA) is 82.8 Å². The molecule has 0 saturated carbocycles. The van der Waals surface area contributed by atoms with Gasteiger partial charge in [-0.25, -0.2) is 0 Å². The third-order valence-electron chi connectivity index (χ3n) is 6.30. The van der Waals surface area contributed by atoms with Crippen molar-refractivity contribution in [2.24, 2.45) is 0 Å². The van der Waals surface area contributed by atoms with Gasteiger partial charge in [-0.05, 0) is 0 Å². The van der Waals surface area contributed by atoms with Crippen molar-refractivity contribution in [2.45, 2.75) is 45.1 Å². The van der Waals surface area contributed by atoms with Crippen LogP contribution in [0.4, 0.5) is 5.69 Å². The van der Waals surface area contributed by atoms with Crippen molar-refractivity contribution < 1.29 is 27.0 Å². The van der Waals surface area contributed by atoms with Gasteiger partial charge in [0, 0.05) is 0 Å². The SMILES string of the molecule is CCC(/C=C1\Sc2cc(OC)c(C)cc2N1CCCS(=O)(=O)[O-])=C\c1[se]c2ccc(OC)cc2[n+]1CC. The normalized spacial score (nSPS) is 15.0. The van der Waals surface area contributed by atoms with Crippen LogP contribution in [0.2, 0.25) is 0 Å². The monoisotopic (exact) mass is 608 g/mol. The first-order chi connectivity index (χ1) is 17.7. The van der Waals surface area contributed by atoms with Crippen molar-refractivity contribution in [1.29, 1.82) is 0 Å². The Labute approximate surface area is 229 Å². The van der Waals surface area contributed by atoms with Gasteiger partial charge in [-0.2, -0.15) is 0 Å². The third-order valence-corrected chi connectivity index (χ3v) is 10.5. The molecule has 0 radical (unpaired) electrons. The van der Waals surface area contributed by atoms with Crippen LogP contribution in [0, 0.1) is 6.92 Å². The molecule has 0 unspecified atom stereocenters. The summed E-state index contributed by atoms with van der Waals surface area (Å²) in [6, 6.07) is 10.4. The summed E-state index contributed by atoms with van der Waals surface area (Å²) >= 11 is 1.83. The molecule has 3 aromatic rings. The second-order valence-corrected chi connectivity index (χ2v) is 13.5. The fourth-order valence-electron chi connectivity index (χ4n) is 4.40. The summed E-state index contributed by atoms with van der Waals surface area (Å²) in [7, 11) is -0.912. The summed E-state index contributed by atoms with van der Waals surface area (Å²) in [6.45, 7) is 7.62. The van der Waals surface area contributed by atoms with E-state index >= 15 is 0 Å². The molecule has 1 aromatic heterocycles. The maximum atomic E-state index is 11.2. The van der Waals surface area contributed by atoms with Gasteiger partial charge >= 0.3 is 230 Å². The van der Waals surface area contributed by atoms with Gasteiger partial charge in [0.2, 0.25) is 0 Å². The number of thioether (sulfide) groups is 1. The Hall–Kier alpha value is -2.23. The number of methoxy groups -OCH3 is 2. The van der Waals surface area contributed by atoms with E-state index in [0.717, 1.165) is 45.6 Å². The Morgan fingerprint density at radius 3 is 2.62 bits per heavy atom. The summed E-state index contributed by atoms with van der Waals surface area (Å²) in [5.74, 6) is 1.30. The van der Waals surface area contributed by atoms with Gasteiger partial charge in [-0.3, -0.25) is 0 Å². The first-order valence-corrected chi connectivity index (χ1v) is 16.3. The van der Waals surface area contributed by atoms with Crippen LogP contribution >= 0.6 is 11.8 Å². The molecular formula is C27H32N2O5S2Se. The van der Waals surface area contributed by atoms with Gasteiger partial charge in [-0.1, -0.05) is 0 Å². The number of fused-ring (bicyclic) bond motifs is 2. The van der Waals surface area contributed by atoms with E-state index in [1.165, 1.54) is 19.9 Å². The molecule has 1 aliphatic rings. The van der Waals surface area contributed by atoms with Crippen LogP contribution in [-0.4, -0.2) is 54.0 Å². The first-order valence-electron chi connectivity index (χ1n) is 12.2. The zero-order chi connectivity index (χ0) is 26.7. The van der Waals surface area contributed by atoms with Gasteiger partial charge < -0.3 is 0 Å². The van der Waals surface area contributed by atoms with Gasteiger partial charge in [0.15, 0.2) is 0 Å². The molecular weight excluding hydrogens is 575 g/mol. The molecule has 2 heterocycles. The molecule has 0 atom stereocenters. The van der Waals surface area contributed by atoms with Crippen molar-refractivity contribution in [3.63, 3.8) is 0 Å². The van der Waals surface area contributed by atoms with Crippen molar-refractivity contribution >= 4 is 57.9 Å². The van der Waals surface area contributed by atoms with E-state index in [1.807, 2.05) is 19.1 Å². The van der Waals surface area contributed by atoms with Crippen LogP contribution in [0.25, 0.3) is 15.9 Å². The van der Waals surface area contributed by atoms with E-state index in [4.69, 9.17) is 9.47 Å². The molecule has 0 N–H and O–H groups in total. The first kappa shape index (κ1) is 27.8. The number of ether oxygens (including phenoxy) is 2. The number of allylic oxidation sites excluding steroid dienone is 2. The Morgan fingerprint density at radius 2 is 1.97 bits per heavy atom. The predicted molar refractivity (Wildman–Crippen MR) is 150 cm³/mol. The van der Waals surface area contributed by atoms with Gasteiger partial charge in [0.25, 0.3) is 0 Å². The standard InChI is InChI=1S/C27H32N2O5S2Se/c1-6-19(15-27-28(7-2)22-16-20(33-4)9-10-25(22)37-27)14-26-29(11-8-12-36(30,31)32)21-13-18(3)23(34-5)17-24(21)35-26/h9-10,13-17H,6-8,11-12H2,1-5H3. The predicted octanol–water partition coefficient (Wildman–Crippen LogP) is 4.71. The summed E-state index contributed by atoms with van der Waals surface area (Å²) in [4.78, 5) is 3.18. The number of rotatable bonds is 10. The molecule has 0 amide bonds. The molecule has 7 nitrogen and oxygen atoms in total. The van der Waals surface area contributed by atoms with Crippen molar-refractivity contribution in [3.05, 3.63) is 57.1 Å². The van der Waals surface area contributed by atoms with Crippen LogP contribution in [0.5, 0.6) is 11.5 Å². The molecule has 37 heavy (non-hydrogen) atoms. The Morgan fingerprint density at radius 1 is 1.19 bits per heavy atom. The molecule has 0 bridgehead atoms. The molecule has 198 valence electrons. The average molecular weight is 608 g/mol. The zero-order valence-electron chi connectivity index (χ0n) is 21.7. The Kier molecular flexibility index (Phi) is 8.76. The molecule has 0 spiro atoms. The molecule has 2 aromatic carbocycles. The van der Waals surface area contributed by atoms with E-state index in [-0.39, 0.29) is 26.7 Å². The van der Waals surface area contributed by atoms with E-state index in [0.29, 0.717) is 6.54 Å². The van der Waals surface area contributed by atoms with Crippen LogP contribution < -0.4 is 18.9 Å². The van der Waals surface area contributed by atoms with E-state index < -0.39 is 10.1 Å².